The van der Waals surface area contributed by atoms with Gasteiger partial charge < -0.3 is 10.2 Å². The predicted octanol–water partition coefficient (Wildman–Crippen LogP) is 5.26. The lowest BCUT2D eigenvalue weighted by Crippen LogP contribution is -2.34. The fourth-order valence-corrected chi connectivity index (χ4v) is 4.38. The summed E-state index contributed by atoms with van der Waals surface area (Å²) in [5.41, 5.74) is 1.61. The number of halogens is 1. The van der Waals surface area contributed by atoms with Crippen molar-refractivity contribution < 1.29 is 9.18 Å². The minimum atomic E-state index is -0.278. The zero-order chi connectivity index (χ0) is 17.2. The van der Waals surface area contributed by atoms with Crippen molar-refractivity contribution in [3.8, 4) is 0 Å². The molecule has 3 nitrogen and oxygen atoms in total. The van der Waals surface area contributed by atoms with Crippen molar-refractivity contribution in [2.75, 3.05) is 17.6 Å². The van der Waals surface area contributed by atoms with Gasteiger partial charge in [-0.15, -0.1) is 11.8 Å². The second-order valence-electron chi connectivity index (χ2n) is 5.93. The van der Waals surface area contributed by atoms with Crippen LogP contribution in [0.2, 0.25) is 0 Å². The molecule has 0 aromatic heterocycles. The van der Waals surface area contributed by atoms with Crippen molar-refractivity contribution in [2.24, 2.45) is 0 Å². The van der Waals surface area contributed by atoms with Gasteiger partial charge in [0.05, 0.1) is 5.69 Å². The van der Waals surface area contributed by atoms with Crippen LogP contribution in [0, 0.1) is 5.82 Å². The molecular weight excluding hydrogens is 335 g/mol. The lowest BCUT2D eigenvalue weighted by Gasteiger charge is -2.24. The summed E-state index contributed by atoms with van der Waals surface area (Å²) in [6, 6.07) is 20.1. The maximum absolute atomic E-state index is 13.5. The summed E-state index contributed by atoms with van der Waals surface area (Å²) in [6.45, 7) is 0.641. The van der Waals surface area contributed by atoms with Gasteiger partial charge in [0.1, 0.15) is 11.2 Å². The average Bonchev–Trinajstić information content (AvgIpc) is 3.12. The van der Waals surface area contributed by atoms with Crippen molar-refractivity contribution in [1.82, 2.24) is 4.90 Å². The van der Waals surface area contributed by atoms with E-state index in [0.717, 1.165) is 27.8 Å². The maximum Gasteiger partial charge on any atom is 0.323 e. The largest absolute Gasteiger partial charge is 0.323 e. The Hall–Kier alpha value is -2.53. The molecule has 0 unspecified atom stereocenters. The molecule has 0 saturated carbocycles. The molecule has 0 bridgehead atoms. The summed E-state index contributed by atoms with van der Waals surface area (Å²) in [4.78, 5) is 14.6. The van der Waals surface area contributed by atoms with Gasteiger partial charge in [0.25, 0.3) is 0 Å². The highest BCUT2D eigenvalue weighted by Gasteiger charge is 2.31. The minimum Gasteiger partial charge on any atom is -0.308 e. The normalized spacial score (nSPS) is 17.0. The van der Waals surface area contributed by atoms with Crippen LogP contribution in [-0.4, -0.2) is 23.2 Å². The van der Waals surface area contributed by atoms with E-state index in [1.54, 1.807) is 22.7 Å². The summed E-state index contributed by atoms with van der Waals surface area (Å²) in [5, 5.41) is 4.95. The fraction of sp³-hybridized carbons (Fsp3) is 0.150. The number of hydrogen-bond donors (Lipinski definition) is 1. The van der Waals surface area contributed by atoms with Crippen LogP contribution >= 0.6 is 11.8 Å². The number of rotatable bonds is 2. The zero-order valence-electron chi connectivity index (χ0n) is 13.5. The number of thioether (sulfide) groups is 1. The van der Waals surface area contributed by atoms with Gasteiger partial charge in [0.15, 0.2) is 0 Å². The third kappa shape index (κ3) is 3.20. The number of carbonyl (C=O) groups is 1. The van der Waals surface area contributed by atoms with Gasteiger partial charge in [-0.25, -0.2) is 9.18 Å². The van der Waals surface area contributed by atoms with Gasteiger partial charge in [0.2, 0.25) is 0 Å². The summed E-state index contributed by atoms with van der Waals surface area (Å²) in [6.07, 6.45) is 0. The van der Waals surface area contributed by atoms with Crippen molar-refractivity contribution in [3.05, 3.63) is 78.1 Å². The van der Waals surface area contributed by atoms with Gasteiger partial charge in [-0.3, -0.25) is 0 Å². The number of benzene rings is 3. The van der Waals surface area contributed by atoms with Crippen LogP contribution in [0.25, 0.3) is 10.8 Å². The first kappa shape index (κ1) is 16.0. The van der Waals surface area contributed by atoms with Crippen LogP contribution in [-0.2, 0) is 0 Å². The van der Waals surface area contributed by atoms with Crippen LogP contribution in [0.5, 0.6) is 0 Å². The molecule has 1 saturated heterocycles. The van der Waals surface area contributed by atoms with E-state index in [4.69, 9.17) is 0 Å². The van der Waals surface area contributed by atoms with Crippen LogP contribution in [0.1, 0.15) is 10.9 Å². The molecular formula is C20H17FN2OS. The topological polar surface area (TPSA) is 32.3 Å². The number of nitrogens with one attached hydrogen (secondary N) is 1. The highest BCUT2D eigenvalue weighted by molar-refractivity contribution is 7.99. The Morgan fingerprint density at radius 1 is 1.08 bits per heavy atom. The molecule has 3 aromatic carbocycles. The van der Waals surface area contributed by atoms with Gasteiger partial charge in [-0.05, 0) is 29.1 Å². The second kappa shape index (κ2) is 6.76. The van der Waals surface area contributed by atoms with Crippen molar-refractivity contribution in [2.45, 2.75) is 5.37 Å². The summed E-state index contributed by atoms with van der Waals surface area (Å²) in [5.74, 6) is 0.559. The first-order valence-corrected chi connectivity index (χ1v) is 9.20. The van der Waals surface area contributed by atoms with E-state index in [1.807, 2.05) is 48.5 Å². The first-order chi connectivity index (χ1) is 12.2. The molecule has 0 spiro atoms. The molecule has 4 rings (SSSR count). The molecule has 0 radical (unpaired) electrons. The van der Waals surface area contributed by atoms with E-state index in [2.05, 4.69) is 5.32 Å². The van der Waals surface area contributed by atoms with E-state index >= 15 is 0 Å². The zero-order valence-corrected chi connectivity index (χ0v) is 14.3. The third-order valence-electron chi connectivity index (χ3n) is 4.32. The molecule has 5 heteroatoms. The molecule has 1 fully saturated rings. The fourth-order valence-electron chi connectivity index (χ4n) is 3.14. The number of anilines is 1. The lowest BCUT2D eigenvalue weighted by molar-refractivity contribution is 0.214. The first-order valence-electron chi connectivity index (χ1n) is 8.15. The maximum atomic E-state index is 13.5. The van der Waals surface area contributed by atoms with Crippen molar-refractivity contribution >= 4 is 34.3 Å². The summed E-state index contributed by atoms with van der Waals surface area (Å²) in [7, 11) is 0. The van der Waals surface area contributed by atoms with Crippen LogP contribution in [0.3, 0.4) is 0 Å². The number of nitrogens with zero attached hydrogens (tertiary/aromatic N) is 1. The Labute approximate surface area is 149 Å². The molecule has 2 amide bonds. The second-order valence-corrected chi connectivity index (χ2v) is 7.12. The Kier molecular flexibility index (Phi) is 4.32. The smallest absolute Gasteiger partial charge is 0.308 e. The number of carbonyl (C=O) groups excluding carboxylic acids is 1. The number of hydrogen-bond acceptors (Lipinski definition) is 2. The molecule has 0 aliphatic carbocycles. The molecule has 1 heterocycles. The Morgan fingerprint density at radius 3 is 2.76 bits per heavy atom. The van der Waals surface area contributed by atoms with Gasteiger partial charge >= 0.3 is 6.03 Å². The highest BCUT2D eigenvalue weighted by Crippen LogP contribution is 2.38. The van der Waals surface area contributed by atoms with E-state index < -0.39 is 0 Å². The molecule has 1 aliphatic rings. The monoisotopic (exact) mass is 352 g/mol. The highest BCUT2D eigenvalue weighted by atomic mass is 32.2. The Morgan fingerprint density at radius 2 is 1.88 bits per heavy atom. The third-order valence-corrected chi connectivity index (χ3v) is 5.58. The minimum absolute atomic E-state index is 0.157. The van der Waals surface area contributed by atoms with Crippen LogP contribution in [0.4, 0.5) is 14.9 Å². The molecule has 3 aromatic rings. The van der Waals surface area contributed by atoms with E-state index in [-0.39, 0.29) is 17.2 Å². The summed E-state index contributed by atoms with van der Waals surface area (Å²) >= 11 is 1.65. The SMILES string of the molecule is O=C(Nc1cccc2ccccc12)N1CCS[C@H]1c1cccc(F)c1. The van der Waals surface area contributed by atoms with Crippen LogP contribution < -0.4 is 5.32 Å². The summed E-state index contributed by atoms with van der Waals surface area (Å²) < 4.78 is 13.5. The Bertz CT molecular complexity index is 925. The van der Waals surface area contributed by atoms with Gasteiger partial charge in [-0.2, -0.15) is 0 Å². The lowest BCUT2D eigenvalue weighted by atomic mass is 10.1. The van der Waals surface area contributed by atoms with E-state index in [1.165, 1.54) is 12.1 Å². The molecule has 1 N–H and O–H groups in total. The van der Waals surface area contributed by atoms with Crippen molar-refractivity contribution in [1.29, 1.82) is 0 Å². The Balaban J connectivity index is 1.59. The predicted molar refractivity (Wildman–Crippen MR) is 101 cm³/mol. The molecule has 25 heavy (non-hydrogen) atoms. The van der Waals surface area contributed by atoms with Gasteiger partial charge in [0, 0.05) is 17.7 Å². The van der Waals surface area contributed by atoms with Gasteiger partial charge in [-0.1, -0.05) is 48.5 Å². The molecule has 1 aliphatic heterocycles. The number of fused-ring (bicyclic) bond motifs is 1. The van der Waals surface area contributed by atoms with Crippen LogP contribution in [0.15, 0.2) is 66.7 Å². The van der Waals surface area contributed by atoms with E-state index in [9.17, 15) is 9.18 Å². The quantitative estimate of drug-likeness (QED) is 0.682. The molecule has 126 valence electrons. The standard InChI is InChI=1S/C20H17FN2OS/c21-16-8-3-7-15(13-16)19-23(11-12-25-19)20(24)22-18-10-4-6-14-5-1-2-9-17(14)18/h1-10,13,19H,11-12H2,(H,22,24)/t19-/m0/s1. The average molecular weight is 352 g/mol. The number of urea groups is 1. The van der Waals surface area contributed by atoms with Crippen molar-refractivity contribution in [3.63, 3.8) is 0 Å². The van der Waals surface area contributed by atoms with E-state index in [0.29, 0.717) is 6.54 Å². The number of amides is 2. The molecule has 1 atom stereocenters.